The summed E-state index contributed by atoms with van der Waals surface area (Å²) < 4.78 is 5.73. The van der Waals surface area contributed by atoms with Crippen molar-refractivity contribution in [3.05, 3.63) is 71.8 Å². The topological polar surface area (TPSA) is 9.23 Å². The highest BCUT2D eigenvalue weighted by Gasteiger charge is 2.06. The molecule has 1 nitrogen and oxygen atoms in total. The second-order valence-corrected chi connectivity index (χ2v) is 4.35. The van der Waals surface area contributed by atoms with Gasteiger partial charge in [-0.2, -0.15) is 0 Å². The summed E-state index contributed by atoms with van der Waals surface area (Å²) in [6.07, 6.45) is 0. The number of alkyl halides is 1. The van der Waals surface area contributed by atoms with Crippen LogP contribution in [-0.2, 0) is 11.3 Å². The Labute approximate surface area is 104 Å². The van der Waals surface area contributed by atoms with Crippen molar-refractivity contribution >= 4 is 15.9 Å². The van der Waals surface area contributed by atoms with Gasteiger partial charge in [0.25, 0.3) is 0 Å². The Morgan fingerprint density at radius 2 is 1.44 bits per heavy atom. The maximum Gasteiger partial charge on any atom is 0.137 e. The SMILES string of the molecule is BrC(OCc1ccccc1)c1ccccc1. The number of hydrogen-bond donors (Lipinski definition) is 0. The van der Waals surface area contributed by atoms with Crippen molar-refractivity contribution in [2.45, 2.75) is 11.6 Å². The Hall–Kier alpha value is -1.12. The molecule has 0 saturated carbocycles. The summed E-state index contributed by atoms with van der Waals surface area (Å²) in [5, 5.41) is -0.0473. The zero-order valence-corrected chi connectivity index (χ0v) is 10.4. The van der Waals surface area contributed by atoms with Crippen LogP contribution in [0.25, 0.3) is 0 Å². The highest BCUT2D eigenvalue weighted by atomic mass is 79.9. The first kappa shape index (κ1) is 11.4. The molecule has 82 valence electrons. The normalized spacial score (nSPS) is 12.3. The van der Waals surface area contributed by atoms with Gasteiger partial charge < -0.3 is 4.74 Å². The zero-order valence-electron chi connectivity index (χ0n) is 8.84. The number of rotatable bonds is 4. The van der Waals surface area contributed by atoms with E-state index in [9.17, 15) is 0 Å². The highest BCUT2D eigenvalue weighted by molar-refractivity contribution is 9.09. The zero-order chi connectivity index (χ0) is 11.2. The maximum absolute atomic E-state index is 5.73. The monoisotopic (exact) mass is 276 g/mol. The quantitative estimate of drug-likeness (QED) is 0.757. The van der Waals surface area contributed by atoms with Gasteiger partial charge in [-0.15, -0.1) is 0 Å². The predicted molar refractivity (Wildman–Crippen MR) is 69.3 cm³/mol. The number of hydrogen-bond acceptors (Lipinski definition) is 1. The molecular weight excluding hydrogens is 264 g/mol. The molecule has 0 amide bonds. The van der Waals surface area contributed by atoms with E-state index in [1.807, 2.05) is 48.5 Å². The Morgan fingerprint density at radius 1 is 0.875 bits per heavy atom. The van der Waals surface area contributed by atoms with Crippen molar-refractivity contribution in [3.8, 4) is 0 Å². The lowest BCUT2D eigenvalue weighted by Crippen LogP contribution is -1.97. The first-order valence-corrected chi connectivity index (χ1v) is 6.12. The van der Waals surface area contributed by atoms with Gasteiger partial charge >= 0.3 is 0 Å². The lowest BCUT2D eigenvalue weighted by molar-refractivity contribution is 0.104. The first-order valence-electron chi connectivity index (χ1n) is 5.21. The molecule has 1 unspecified atom stereocenters. The molecule has 0 N–H and O–H groups in total. The van der Waals surface area contributed by atoms with Crippen LogP contribution in [-0.4, -0.2) is 0 Å². The third-order valence-corrected chi connectivity index (χ3v) is 3.09. The molecular formula is C14H13BrO. The van der Waals surface area contributed by atoms with Gasteiger partial charge in [0.15, 0.2) is 0 Å². The van der Waals surface area contributed by atoms with E-state index in [1.54, 1.807) is 0 Å². The summed E-state index contributed by atoms with van der Waals surface area (Å²) in [5.74, 6) is 0. The van der Waals surface area contributed by atoms with E-state index in [0.717, 1.165) is 5.56 Å². The van der Waals surface area contributed by atoms with Gasteiger partial charge in [0, 0.05) is 0 Å². The third kappa shape index (κ3) is 3.19. The minimum atomic E-state index is -0.0473. The molecule has 0 saturated heterocycles. The second kappa shape index (κ2) is 5.83. The molecule has 0 radical (unpaired) electrons. The van der Waals surface area contributed by atoms with Crippen LogP contribution < -0.4 is 0 Å². The highest BCUT2D eigenvalue weighted by Crippen LogP contribution is 2.24. The lowest BCUT2D eigenvalue weighted by Gasteiger charge is -2.11. The van der Waals surface area contributed by atoms with Crippen molar-refractivity contribution in [1.29, 1.82) is 0 Å². The van der Waals surface area contributed by atoms with Crippen LogP contribution in [0.4, 0.5) is 0 Å². The van der Waals surface area contributed by atoms with E-state index < -0.39 is 0 Å². The molecule has 0 aliphatic carbocycles. The van der Waals surface area contributed by atoms with Gasteiger partial charge in [0.2, 0.25) is 0 Å². The van der Waals surface area contributed by atoms with Gasteiger partial charge in [0.1, 0.15) is 5.01 Å². The van der Waals surface area contributed by atoms with E-state index in [0.29, 0.717) is 6.61 Å². The van der Waals surface area contributed by atoms with Crippen molar-refractivity contribution in [3.63, 3.8) is 0 Å². The number of halogens is 1. The fraction of sp³-hybridized carbons (Fsp3) is 0.143. The molecule has 2 aromatic carbocycles. The Kier molecular flexibility index (Phi) is 4.14. The molecule has 0 spiro atoms. The predicted octanol–water partition coefficient (Wildman–Crippen LogP) is 4.30. The van der Waals surface area contributed by atoms with Gasteiger partial charge in [0.05, 0.1) is 6.61 Å². The van der Waals surface area contributed by atoms with Crippen LogP contribution in [0.3, 0.4) is 0 Å². The molecule has 16 heavy (non-hydrogen) atoms. The molecule has 0 bridgehead atoms. The van der Waals surface area contributed by atoms with E-state index in [2.05, 4.69) is 28.1 Å². The van der Waals surface area contributed by atoms with Crippen LogP contribution in [0.2, 0.25) is 0 Å². The van der Waals surface area contributed by atoms with Crippen LogP contribution >= 0.6 is 15.9 Å². The van der Waals surface area contributed by atoms with Crippen LogP contribution in [0.1, 0.15) is 16.1 Å². The van der Waals surface area contributed by atoms with Gasteiger partial charge in [-0.25, -0.2) is 0 Å². The smallest absolute Gasteiger partial charge is 0.137 e. The lowest BCUT2D eigenvalue weighted by atomic mass is 10.2. The molecule has 0 aliphatic heterocycles. The summed E-state index contributed by atoms with van der Waals surface area (Å²) in [5.41, 5.74) is 2.32. The Balaban J connectivity index is 1.92. The fourth-order valence-corrected chi connectivity index (χ4v) is 1.88. The van der Waals surface area contributed by atoms with E-state index >= 15 is 0 Å². The van der Waals surface area contributed by atoms with E-state index in [4.69, 9.17) is 4.74 Å². The summed E-state index contributed by atoms with van der Waals surface area (Å²) in [6, 6.07) is 20.3. The first-order chi connectivity index (χ1) is 7.86. The van der Waals surface area contributed by atoms with Crippen molar-refractivity contribution in [1.82, 2.24) is 0 Å². The van der Waals surface area contributed by atoms with Crippen LogP contribution in [0, 0.1) is 0 Å². The molecule has 0 fully saturated rings. The van der Waals surface area contributed by atoms with Crippen molar-refractivity contribution in [2.75, 3.05) is 0 Å². The molecule has 1 atom stereocenters. The Bertz CT molecular complexity index is 413. The maximum atomic E-state index is 5.73. The second-order valence-electron chi connectivity index (χ2n) is 3.52. The minimum absolute atomic E-state index is 0.0473. The fourth-order valence-electron chi connectivity index (χ4n) is 1.44. The molecule has 0 aromatic heterocycles. The van der Waals surface area contributed by atoms with Crippen molar-refractivity contribution in [2.24, 2.45) is 0 Å². The van der Waals surface area contributed by atoms with Gasteiger partial charge in [-0.1, -0.05) is 76.6 Å². The minimum Gasteiger partial charge on any atom is -0.358 e. The standard InChI is InChI=1S/C14H13BrO/c15-14(13-9-5-2-6-10-13)16-11-12-7-3-1-4-8-12/h1-10,14H,11H2. The largest absolute Gasteiger partial charge is 0.358 e. The summed E-state index contributed by atoms with van der Waals surface area (Å²) in [4.78, 5) is 0. The molecule has 2 aromatic rings. The van der Waals surface area contributed by atoms with Crippen molar-refractivity contribution < 1.29 is 4.74 Å². The molecule has 0 aliphatic rings. The summed E-state index contributed by atoms with van der Waals surface area (Å²) in [7, 11) is 0. The van der Waals surface area contributed by atoms with Gasteiger partial charge in [-0.05, 0) is 11.1 Å². The molecule has 0 heterocycles. The average molecular weight is 277 g/mol. The van der Waals surface area contributed by atoms with Gasteiger partial charge in [-0.3, -0.25) is 0 Å². The van der Waals surface area contributed by atoms with E-state index in [1.165, 1.54) is 5.56 Å². The Morgan fingerprint density at radius 3 is 2.06 bits per heavy atom. The van der Waals surface area contributed by atoms with Crippen LogP contribution in [0.5, 0.6) is 0 Å². The average Bonchev–Trinajstić information content (AvgIpc) is 2.38. The number of benzene rings is 2. The molecule has 2 heteroatoms. The third-order valence-electron chi connectivity index (χ3n) is 2.30. The van der Waals surface area contributed by atoms with E-state index in [-0.39, 0.29) is 5.01 Å². The number of ether oxygens (including phenoxy) is 1. The summed E-state index contributed by atoms with van der Waals surface area (Å²) >= 11 is 3.52. The molecule has 2 rings (SSSR count). The van der Waals surface area contributed by atoms with Crippen LogP contribution in [0.15, 0.2) is 60.7 Å². The summed E-state index contributed by atoms with van der Waals surface area (Å²) in [6.45, 7) is 0.617.